The van der Waals surface area contributed by atoms with E-state index in [0.717, 1.165) is 56.6 Å². The van der Waals surface area contributed by atoms with Gasteiger partial charge in [0.2, 0.25) is 0 Å². The van der Waals surface area contributed by atoms with Crippen molar-refractivity contribution < 1.29 is 24.2 Å². The fraction of sp³-hybridized carbons (Fsp3) is 0.520. The van der Waals surface area contributed by atoms with Gasteiger partial charge in [0.25, 0.3) is 5.91 Å². The van der Waals surface area contributed by atoms with Crippen LogP contribution in [-0.4, -0.2) is 59.4 Å². The number of nitrogens with zero attached hydrogens (tertiary/aromatic N) is 2. The summed E-state index contributed by atoms with van der Waals surface area (Å²) >= 11 is 6.07. The first-order valence-corrected chi connectivity index (χ1v) is 12.4. The van der Waals surface area contributed by atoms with Crippen LogP contribution in [0.2, 0.25) is 5.02 Å². The standard InChI is InChI=1S/C25H31ClN4O5/c1-34-21-14-27-13-19(26)22(21)24(31)30-20(25(32)33)8-10-35-18-11-15(12-18)4-6-17-7-5-16-3-2-9-28-23(16)29-17/h5,7,13-15,18,20H,2-4,6,8-12H2,1H3,(H,28,29)(H,30,31)(H,32,33)/t15-,18+,20-/m0/s1. The van der Waals surface area contributed by atoms with Crippen LogP contribution in [0.25, 0.3) is 0 Å². The molecule has 9 nitrogen and oxygen atoms in total. The monoisotopic (exact) mass is 502 g/mol. The highest BCUT2D eigenvalue weighted by molar-refractivity contribution is 6.34. The number of aryl methyl sites for hydroxylation is 2. The average Bonchev–Trinajstić information content (AvgIpc) is 2.83. The molecule has 2 aromatic rings. The topological polar surface area (TPSA) is 123 Å². The van der Waals surface area contributed by atoms with Gasteiger partial charge >= 0.3 is 5.97 Å². The van der Waals surface area contributed by atoms with E-state index in [1.54, 1.807) is 0 Å². The van der Waals surface area contributed by atoms with Crippen LogP contribution in [0.4, 0.5) is 5.82 Å². The molecule has 2 aliphatic rings. The maximum absolute atomic E-state index is 12.6. The van der Waals surface area contributed by atoms with Gasteiger partial charge in [0.15, 0.2) is 5.75 Å². The molecule has 1 aliphatic carbocycles. The highest BCUT2D eigenvalue weighted by atomic mass is 35.5. The van der Waals surface area contributed by atoms with Gasteiger partial charge in [-0.25, -0.2) is 9.78 Å². The van der Waals surface area contributed by atoms with Crippen molar-refractivity contribution in [1.29, 1.82) is 0 Å². The fourth-order valence-electron chi connectivity index (χ4n) is 4.54. The summed E-state index contributed by atoms with van der Waals surface area (Å²) in [6.07, 6.45) is 9.11. The van der Waals surface area contributed by atoms with Gasteiger partial charge < -0.3 is 25.2 Å². The van der Waals surface area contributed by atoms with E-state index in [0.29, 0.717) is 5.92 Å². The quantitative estimate of drug-likeness (QED) is 0.426. The number of rotatable bonds is 11. The molecular weight excluding hydrogens is 472 g/mol. The van der Waals surface area contributed by atoms with Crippen LogP contribution in [0, 0.1) is 5.92 Å². The lowest BCUT2D eigenvalue weighted by molar-refractivity contribution is -0.140. The van der Waals surface area contributed by atoms with Crippen molar-refractivity contribution in [2.24, 2.45) is 5.92 Å². The number of amides is 1. The van der Waals surface area contributed by atoms with E-state index in [1.165, 1.54) is 25.1 Å². The lowest BCUT2D eigenvalue weighted by Crippen LogP contribution is -2.42. The molecule has 3 N–H and O–H groups in total. The smallest absolute Gasteiger partial charge is 0.326 e. The second-order valence-corrected chi connectivity index (χ2v) is 9.47. The number of methoxy groups -OCH3 is 1. The van der Waals surface area contributed by atoms with Gasteiger partial charge in [0.1, 0.15) is 17.4 Å². The zero-order valence-corrected chi connectivity index (χ0v) is 20.5. The summed E-state index contributed by atoms with van der Waals surface area (Å²) in [4.78, 5) is 32.9. The van der Waals surface area contributed by atoms with Crippen molar-refractivity contribution in [3.05, 3.63) is 46.4 Å². The predicted molar refractivity (Wildman–Crippen MR) is 131 cm³/mol. The third-order valence-electron chi connectivity index (χ3n) is 6.63. The molecule has 0 aromatic carbocycles. The van der Waals surface area contributed by atoms with Crippen molar-refractivity contribution in [3.63, 3.8) is 0 Å². The van der Waals surface area contributed by atoms with Gasteiger partial charge in [-0.2, -0.15) is 0 Å². The number of anilines is 1. The van der Waals surface area contributed by atoms with Crippen molar-refractivity contribution in [2.75, 3.05) is 25.6 Å². The third-order valence-corrected chi connectivity index (χ3v) is 6.91. The van der Waals surface area contributed by atoms with Gasteiger partial charge in [0.05, 0.1) is 24.4 Å². The molecule has 1 fully saturated rings. The zero-order valence-electron chi connectivity index (χ0n) is 19.8. The van der Waals surface area contributed by atoms with Gasteiger partial charge in [-0.15, -0.1) is 0 Å². The minimum atomic E-state index is -1.13. The summed E-state index contributed by atoms with van der Waals surface area (Å²) in [6.45, 7) is 1.23. The second kappa shape index (κ2) is 11.7. The Morgan fingerprint density at radius 3 is 2.91 bits per heavy atom. The second-order valence-electron chi connectivity index (χ2n) is 9.06. The van der Waals surface area contributed by atoms with E-state index < -0.39 is 17.9 Å². The molecule has 1 atom stereocenters. The molecule has 35 heavy (non-hydrogen) atoms. The number of hydrogen-bond donors (Lipinski definition) is 3. The third kappa shape index (κ3) is 6.41. The Labute approximate surface area is 209 Å². The predicted octanol–water partition coefficient (Wildman–Crippen LogP) is 3.50. The average molecular weight is 503 g/mol. The molecule has 0 spiro atoms. The van der Waals surface area contributed by atoms with Crippen LogP contribution in [-0.2, 0) is 22.4 Å². The molecule has 4 rings (SSSR count). The molecule has 1 aliphatic heterocycles. The molecule has 2 aromatic heterocycles. The summed E-state index contributed by atoms with van der Waals surface area (Å²) in [6, 6.07) is 3.22. The molecular formula is C25H31ClN4O5. The van der Waals surface area contributed by atoms with E-state index in [1.807, 2.05) is 0 Å². The number of halogens is 1. The van der Waals surface area contributed by atoms with E-state index in [2.05, 4.69) is 27.8 Å². The molecule has 1 amide bonds. The summed E-state index contributed by atoms with van der Waals surface area (Å²) in [5.41, 5.74) is 2.48. The molecule has 3 heterocycles. The van der Waals surface area contributed by atoms with Gasteiger partial charge in [-0.3, -0.25) is 9.78 Å². The van der Waals surface area contributed by atoms with Crippen molar-refractivity contribution in [3.8, 4) is 5.75 Å². The molecule has 0 bridgehead atoms. The number of carbonyl (C=O) groups is 2. The highest BCUT2D eigenvalue weighted by Crippen LogP contribution is 2.34. The van der Waals surface area contributed by atoms with Crippen molar-refractivity contribution in [1.82, 2.24) is 15.3 Å². The maximum Gasteiger partial charge on any atom is 0.326 e. The Morgan fingerprint density at radius 2 is 2.14 bits per heavy atom. The summed E-state index contributed by atoms with van der Waals surface area (Å²) in [5, 5.41) is 15.5. The molecule has 0 unspecified atom stereocenters. The van der Waals surface area contributed by atoms with Crippen LogP contribution in [0.5, 0.6) is 5.75 Å². The van der Waals surface area contributed by atoms with Crippen LogP contribution < -0.4 is 15.4 Å². The van der Waals surface area contributed by atoms with Crippen LogP contribution in [0.3, 0.4) is 0 Å². The van der Waals surface area contributed by atoms with Gasteiger partial charge in [-0.05, 0) is 56.1 Å². The number of hydrogen-bond acceptors (Lipinski definition) is 7. The number of carbonyl (C=O) groups excluding carboxylic acids is 1. The largest absolute Gasteiger partial charge is 0.494 e. The first-order valence-electron chi connectivity index (χ1n) is 12.0. The normalized spacial score (nSPS) is 19.6. The SMILES string of the molecule is COc1cncc(Cl)c1C(=O)N[C@@H](CCO[C@H]1C[C@@H](CCc2ccc3c(n2)NCCC3)C1)C(=O)O. The number of ether oxygens (including phenoxy) is 2. The minimum Gasteiger partial charge on any atom is -0.494 e. The summed E-state index contributed by atoms with van der Waals surface area (Å²) in [7, 11) is 1.39. The van der Waals surface area contributed by atoms with Crippen molar-refractivity contribution in [2.45, 2.75) is 57.1 Å². The van der Waals surface area contributed by atoms with Crippen LogP contribution in [0.15, 0.2) is 24.5 Å². The zero-order chi connectivity index (χ0) is 24.8. The maximum atomic E-state index is 12.6. The Kier molecular flexibility index (Phi) is 8.41. The molecule has 10 heteroatoms. The number of carboxylic acids is 1. The molecule has 188 valence electrons. The number of nitrogens with one attached hydrogen (secondary N) is 2. The number of fused-ring (bicyclic) bond motifs is 1. The highest BCUT2D eigenvalue weighted by Gasteiger charge is 2.30. The summed E-state index contributed by atoms with van der Waals surface area (Å²) < 4.78 is 11.0. The van der Waals surface area contributed by atoms with Gasteiger partial charge in [0, 0.05) is 31.5 Å². The van der Waals surface area contributed by atoms with E-state index in [-0.39, 0.29) is 35.5 Å². The molecule has 0 saturated heterocycles. The molecule has 0 radical (unpaired) electrons. The number of aliphatic carboxylic acids is 1. The summed E-state index contributed by atoms with van der Waals surface area (Å²) in [5.74, 6) is 0.0362. The number of aromatic nitrogens is 2. The lowest BCUT2D eigenvalue weighted by atomic mass is 9.79. The molecule has 1 saturated carbocycles. The fourth-order valence-corrected chi connectivity index (χ4v) is 4.77. The number of pyridine rings is 2. The van der Waals surface area contributed by atoms with Crippen LogP contribution in [0.1, 0.15) is 53.7 Å². The lowest BCUT2D eigenvalue weighted by Gasteiger charge is -2.35. The van der Waals surface area contributed by atoms with Crippen molar-refractivity contribution >= 4 is 29.3 Å². The van der Waals surface area contributed by atoms with E-state index in [4.69, 9.17) is 26.1 Å². The minimum absolute atomic E-state index is 0.0577. The number of carboxylic acid groups (broad SMARTS) is 1. The Hall–Kier alpha value is -2.91. The van der Waals surface area contributed by atoms with Gasteiger partial charge in [-0.1, -0.05) is 17.7 Å². The van der Waals surface area contributed by atoms with Crippen LogP contribution >= 0.6 is 11.6 Å². The van der Waals surface area contributed by atoms with E-state index >= 15 is 0 Å². The first kappa shape index (κ1) is 25.2. The van der Waals surface area contributed by atoms with E-state index in [9.17, 15) is 14.7 Å². The Bertz CT molecular complexity index is 1060. The first-order chi connectivity index (χ1) is 16.9. The Balaban J connectivity index is 1.18. The Morgan fingerprint density at radius 1 is 1.31 bits per heavy atom.